The molecule has 0 spiro atoms. The van der Waals surface area contributed by atoms with Gasteiger partial charge < -0.3 is 14.4 Å². The van der Waals surface area contributed by atoms with E-state index in [0.29, 0.717) is 5.69 Å². The highest BCUT2D eigenvalue weighted by molar-refractivity contribution is 5.87. The second kappa shape index (κ2) is 3.38. The smallest absolute Gasteiger partial charge is 0.354 e. The van der Waals surface area contributed by atoms with Crippen molar-refractivity contribution in [2.24, 2.45) is 7.05 Å². The summed E-state index contributed by atoms with van der Waals surface area (Å²) in [7, 11) is 3.20. The van der Waals surface area contributed by atoms with E-state index in [1.165, 1.54) is 7.11 Å². The molecule has 82 valence electrons. The molecule has 1 aliphatic rings. The Labute approximate surface area is 88.5 Å². The Morgan fingerprint density at radius 3 is 2.73 bits per heavy atom. The molecule has 1 aromatic rings. The first-order valence-corrected chi connectivity index (χ1v) is 5.00. The largest absolute Gasteiger partial charge is 0.464 e. The van der Waals surface area contributed by atoms with E-state index in [0.717, 1.165) is 18.5 Å². The number of hydrogen-bond acceptors (Lipinski definition) is 3. The SMILES string of the molecule is COC(=O)c1ccc(C2(CO)CC2)n1C. The summed E-state index contributed by atoms with van der Waals surface area (Å²) in [5.74, 6) is -0.336. The summed E-state index contributed by atoms with van der Waals surface area (Å²) in [6, 6.07) is 3.65. The lowest BCUT2D eigenvalue weighted by atomic mass is 10.0. The third-order valence-corrected chi connectivity index (χ3v) is 3.22. The maximum Gasteiger partial charge on any atom is 0.354 e. The Hall–Kier alpha value is -1.29. The molecule has 1 aliphatic carbocycles. The molecule has 1 fully saturated rings. The van der Waals surface area contributed by atoms with Gasteiger partial charge in [-0.15, -0.1) is 0 Å². The molecule has 15 heavy (non-hydrogen) atoms. The zero-order chi connectivity index (χ0) is 11.1. The fraction of sp³-hybridized carbons (Fsp3) is 0.545. The van der Waals surface area contributed by atoms with Crippen molar-refractivity contribution in [3.05, 3.63) is 23.5 Å². The van der Waals surface area contributed by atoms with Gasteiger partial charge in [-0.25, -0.2) is 4.79 Å². The standard InChI is InChI=1S/C11H15NO3/c1-12-8(10(14)15-2)3-4-9(12)11(7-13)5-6-11/h3-4,13H,5-7H2,1-2H3. The first-order valence-electron chi connectivity index (χ1n) is 5.00. The molecule has 4 heteroatoms. The molecule has 0 amide bonds. The molecule has 0 unspecified atom stereocenters. The molecule has 4 nitrogen and oxygen atoms in total. The van der Waals surface area contributed by atoms with Crippen molar-refractivity contribution in [1.82, 2.24) is 4.57 Å². The zero-order valence-electron chi connectivity index (χ0n) is 8.99. The Bertz CT molecular complexity index is 391. The molecule has 0 aliphatic heterocycles. The number of aromatic nitrogens is 1. The molecule has 0 atom stereocenters. The number of nitrogens with zero attached hydrogens (tertiary/aromatic N) is 1. The van der Waals surface area contributed by atoms with Crippen molar-refractivity contribution < 1.29 is 14.6 Å². The van der Waals surface area contributed by atoms with Gasteiger partial charge in [0.05, 0.1) is 13.7 Å². The number of carbonyl (C=O) groups is 1. The van der Waals surface area contributed by atoms with Gasteiger partial charge in [0.1, 0.15) is 5.69 Å². The van der Waals surface area contributed by atoms with Crippen molar-refractivity contribution in [3.63, 3.8) is 0 Å². The van der Waals surface area contributed by atoms with E-state index >= 15 is 0 Å². The molecule has 0 bridgehead atoms. The highest BCUT2D eigenvalue weighted by Gasteiger charge is 2.46. The van der Waals surface area contributed by atoms with Crippen LogP contribution in [-0.2, 0) is 17.2 Å². The molecule has 1 saturated carbocycles. The van der Waals surface area contributed by atoms with Crippen LogP contribution in [0.2, 0.25) is 0 Å². The summed E-state index contributed by atoms with van der Waals surface area (Å²) in [5.41, 5.74) is 1.44. The summed E-state index contributed by atoms with van der Waals surface area (Å²) in [5, 5.41) is 9.31. The highest BCUT2D eigenvalue weighted by Crippen LogP contribution is 2.47. The monoisotopic (exact) mass is 209 g/mol. The molecule has 0 aromatic carbocycles. The average Bonchev–Trinajstić information content (AvgIpc) is 2.96. The van der Waals surface area contributed by atoms with Gasteiger partial charge in [-0.05, 0) is 25.0 Å². The van der Waals surface area contributed by atoms with Crippen LogP contribution in [0.5, 0.6) is 0 Å². The van der Waals surface area contributed by atoms with Crippen LogP contribution in [-0.4, -0.2) is 29.4 Å². The van der Waals surface area contributed by atoms with Gasteiger partial charge in [-0.1, -0.05) is 0 Å². The lowest BCUT2D eigenvalue weighted by molar-refractivity contribution is 0.0589. The van der Waals surface area contributed by atoms with E-state index in [-0.39, 0.29) is 18.0 Å². The Morgan fingerprint density at radius 2 is 2.27 bits per heavy atom. The van der Waals surface area contributed by atoms with Gasteiger partial charge in [0.25, 0.3) is 0 Å². The first kappa shape index (κ1) is 10.2. The minimum Gasteiger partial charge on any atom is -0.464 e. The van der Waals surface area contributed by atoms with Crippen LogP contribution in [0.4, 0.5) is 0 Å². The van der Waals surface area contributed by atoms with E-state index < -0.39 is 0 Å². The topological polar surface area (TPSA) is 51.5 Å². The van der Waals surface area contributed by atoms with Crippen LogP contribution in [0.25, 0.3) is 0 Å². The third kappa shape index (κ3) is 1.45. The van der Waals surface area contributed by atoms with Crippen LogP contribution in [0.3, 0.4) is 0 Å². The van der Waals surface area contributed by atoms with Crippen LogP contribution in [0, 0.1) is 0 Å². The van der Waals surface area contributed by atoms with Gasteiger partial charge >= 0.3 is 5.97 Å². The van der Waals surface area contributed by atoms with Crippen LogP contribution in [0.15, 0.2) is 12.1 Å². The van der Waals surface area contributed by atoms with Gasteiger partial charge in [0.2, 0.25) is 0 Å². The van der Waals surface area contributed by atoms with E-state index in [4.69, 9.17) is 0 Å². The van der Waals surface area contributed by atoms with Crippen molar-refractivity contribution >= 4 is 5.97 Å². The summed E-state index contributed by atoms with van der Waals surface area (Å²) < 4.78 is 6.49. The van der Waals surface area contributed by atoms with E-state index in [9.17, 15) is 9.90 Å². The molecule has 0 saturated heterocycles. The average molecular weight is 209 g/mol. The normalized spacial score (nSPS) is 17.5. The van der Waals surface area contributed by atoms with Crippen molar-refractivity contribution in [3.8, 4) is 0 Å². The van der Waals surface area contributed by atoms with Crippen LogP contribution in [0.1, 0.15) is 29.0 Å². The van der Waals surface area contributed by atoms with Crippen molar-refractivity contribution in [1.29, 1.82) is 0 Å². The molecular formula is C11H15NO3. The zero-order valence-corrected chi connectivity index (χ0v) is 8.99. The fourth-order valence-corrected chi connectivity index (χ4v) is 2.00. The molecular weight excluding hydrogens is 194 g/mol. The van der Waals surface area contributed by atoms with Gasteiger partial charge in [-0.2, -0.15) is 0 Å². The summed E-state index contributed by atoms with van der Waals surface area (Å²) in [6.45, 7) is 0.144. The number of aliphatic hydroxyl groups is 1. The lowest BCUT2D eigenvalue weighted by Gasteiger charge is -2.14. The minimum absolute atomic E-state index is 0.110. The quantitative estimate of drug-likeness (QED) is 0.750. The summed E-state index contributed by atoms with van der Waals surface area (Å²) in [6.07, 6.45) is 1.98. The number of hydrogen-bond donors (Lipinski definition) is 1. The second-order valence-electron chi connectivity index (χ2n) is 4.09. The van der Waals surface area contributed by atoms with E-state index in [1.54, 1.807) is 6.07 Å². The maximum atomic E-state index is 11.4. The minimum atomic E-state index is -0.336. The molecule has 2 rings (SSSR count). The number of carbonyl (C=O) groups excluding carboxylic acids is 1. The number of esters is 1. The number of aliphatic hydroxyl groups excluding tert-OH is 1. The predicted molar refractivity (Wildman–Crippen MR) is 54.8 cm³/mol. The van der Waals surface area contributed by atoms with E-state index in [1.807, 2.05) is 17.7 Å². The van der Waals surface area contributed by atoms with E-state index in [2.05, 4.69) is 4.74 Å². The predicted octanol–water partition coefficient (Wildman–Crippen LogP) is 0.836. The summed E-state index contributed by atoms with van der Waals surface area (Å²) >= 11 is 0. The van der Waals surface area contributed by atoms with Crippen LogP contribution >= 0.6 is 0 Å². The molecule has 1 aromatic heterocycles. The fourth-order valence-electron chi connectivity index (χ4n) is 2.00. The van der Waals surface area contributed by atoms with Crippen LogP contribution < -0.4 is 0 Å². The third-order valence-electron chi connectivity index (χ3n) is 3.22. The number of methoxy groups -OCH3 is 1. The Balaban J connectivity index is 2.36. The maximum absolute atomic E-state index is 11.4. The van der Waals surface area contributed by atoms with Crippen molar-refractivity contribution in [2.75, 3.05) is 13.7 Å². The molecule has 0 radical (unpaired) electrons. The highest BCUT2D eigenvalue weighted by atomic mass is 16.5. The molecule has 1 N–H and O–H groups in total. The first-order chi connectivity index (χ1) is 7.14. The van der Waals surface area contributed by atoms with Gasteiger partial charge in [0, 0.05) is 18.2 Å². The molecule has 1 heterocycles. The van der Waals surface area contributed by atoms with Crippen molar-refractivity contribution in [2.45, 2.75) is 18.3 Å². The second-order valence-corrected chi connectivity index (χ2v) is 4.09. The number of rotatable bonds is 3. The Kier molecular flexibility index (Phi) is 2.31. The van der Waals surface area contributed by atoms with Gasteiger partial charge in [-0.3, -0.25) is 0 Å². The Morgan fingerprint density at radius 1 is 1.60 bits per heavy atom. The number of ether oxygens (including phenoxy) is 1. The lowest BCUT2D eigenvalue weighted by Crippen LogP contribution is -2.18. The van der Waals surface area contributed by atoms with Gasteiger partial charge in [0.15, 0.2) is 0 Å². The summed E-state index contributed by atoms with van der Waals surface area (Å²) in [4.78, 5) is 11.4.